The van der Waals surface area contributed by atoms with E-state index in [2.05, 4.69) is 5.32 Å². The highest BCUT2D eigenvalue weighted by atomic mass is 16.4. The minimum atomic E-state index is -0.856. The van der Waals surface area contributed by atoms with Crippen molar-refractivity contribution in [3.05, 3.63) is 0 Å². The van der Waals surface area contributed by atoms with Crippen molar-refractivity contribution in [3.63, 3.8) is 0 Å². The molecule has 0 aromatic rings. The van der Waals surface area contributed by atoms with Gasteiger partial charge in [0.1, 0.15) is 0 Å². The van der Waals surface area contributed by atoms with Crippen LogP contribution < -0.4 is 5.32 Å². The van der Waals surface area contributed by atoms with E-state index in [9.17, 15) is 9.59 Å². The molecule has 0 heterocycles. The topological polar surface area (TPSA) is 66.4 Å². The van der Waals surface area contributed by atoms with Gasteiger partial charge < -0.3 is 10.4 Å². The minimum Gasteiger partial charge on any atom is -0.481 e. The molecule has 1 fully saturated rings. The molecular formula is C13H23NO3. The summed E-state index contributed by atoms with van der Waals surface area (Å²) in [5.74, 6) is -1.48. The van der Waals surface area contributed by atoms with Crippen LogP contribution in [0.15, 0.2) is 0 Å². The van der Waals surface area contributed by atoms with E-state index < -0.39 is 11.9 Å². The Balaban J connectivity index is 2.33. The maximum absolute atomic E-state index is 11.7. The van der Waals surface area contributed by atoms with Gasteiger partial charge in [0, 0.05) is 12.5 Å². The van der Waals surface area contributed by atoms with Crippen LogP contribution >= 0.6 is 0 Å². The predicted molar refractivity (Wildman–Crippen MR) is 65.7 cm³/mol. The fourth-order valence-electron chi connectivity index (χ4n) is 2.42. The largest absolute Gasteiger partial charge is 0.481 e. The molecule has 0 radical (unpaired) electrons. The highest BCUT2D eigenvalue weighted by molar-refractivity contribution is 5.82. The van der Waals surface area contributed by atoms with Gasteiger partial charge in [0.25, 0.3) is 0 Å². The summed E-state index contributed by atoms with van der Waals surface area (Å²) in [7, 11) is 0. The monoisotopic (exact) mass is 241 g/mol. The number of carboxylic acids is 1. The predicted octanol–water partition coefficient (Wildman–Crippen LogP) is 2.33. The Hall–Kier alpha value is -1.06. The van der Waals surface area contributed by atoms with E-state index in [1.165, 1.54) is 19.3 Å². The van der Waals surface area contributed by atoms with Gasteiger partial charge in [-0.15, -0.1) is 0 Å². The van der Waals surface area contributed by atoms with Crippen molar-refractivity contribution in [2.75, 3.05) is 0 Å². The number of hydrogen-bond donors (Lipinski definition) is 2. The first-order valence-corrected chi connectivity index (χ1v) is 6.65. The summed E-state index contributed by atoms with van der Waals surface area (Å²) in [6.07, 6.45) is 7.17. The molecular weight excluding hydrogens is 218 g/mol. The molecule has 4 nitrogen and oxygen atoms in total. The average Bonchev–Trinajstić information content (AvgIpc) is 2.29. The third-order valence-corrected chi connectivity index (χ3v) is 3.39. The lowest BCUT2D eigenvalue weighted by Crippen LogP contribution is -2.37. The molecule has 0 aliphatic heterocycles. The van der Waals surface area contributed by atoms with Crippen molar-refractivity contribution in [1.82, 2.24) is 5.32 Å². The average molecular weight is 241 g/mol. The zero-order valence-corrected chi connectivity index (χ0v) is 10.6. The molecule has 1 unspecified atom stereocenters. The van der Waals surface area contributed by atoms with Crippen molar-refractivity contribution in [1.29, 1.82) is 0 Å². The van der Waals surface area contributed by atoms with Gasteiger partial charge in [-0.3, -0.25) is 9.59 Å². The summed E-state index contributed by atoms with van der Waals surface area (Å²) >= 11 is 0. The van der Waals surface area contributed by atoms with E-state index in [4.69, 9.17) is 5.11 Å². The number of carbonyl (C=O) groups is 2. The number of nitrogens with one attached hydrogen (secondary N) is 1. The Morgan fingerprint density at radius 1 is 1.29 bits per heavy atom. The third-order valence-electron chi connectivity index (χ3n) is 3.39. The SMILES string of the molecule is CCCC(CC(=O)NC1CCCCC1)C(=O)O. The van der Waals surface area contributed by atoms with Crippen LogP contribution in [-0.2, 0) is 9.59 Å². The van der Waals surface area contributed by atoms with Gasteiger partial charge in [-0.05, 0) is 19.3 Å². The molecule has 0 aromatic heterocycles. The molecule has 1 amide bonds. The Kier molecular flexibility index (Phi) is 6.01. The quantitative estimate of drug-likeness (QED) is 0.750. The second-order valence-corrected chi connectivity index (χ2v) is 4.93. The molecule has 98 valence electrons. The molecule has 17 heavy (non-hydrogen) atoms. The van der Waals surface area contributed by atoms with Gasteiger partial charge in [0.2, 0.25) is 5.91 Å². The molecule has 1 atom stereocenters. The highest BCUT2D eigenvalue weighted by Crippen LogP contribution is 2.18. The zero-order chi connectivity index (χ0) is 12.7. The van der Waals surface area contributed by atoms with Crippen LogP contribution in [0.2, 0.25) is 0 Å². The van der Waals surface area contributed by atoms with E-state index in [0.29, 0.717) is 6.42 Å². The van der Waals surface area contributed by atoms with Crippen molar-refractivity contribution < 1.29 is 14.7 Å². The van der Waals surface area contributed by atoms with E-state index in [0.717, 1.165) is 19.3 Å². The Morgan fingerprint density at radius 3 is 2.47 bits per heavy atom. The van der Waals surface area contributed by atoms with E-state index in [1.807, 2.05) is 6.92 Å². The first kappa shape index (κ1) is 14.0. The van der Waals surface area contributed by atoms with Crippen molar-refractivity contribution in [3.8, 4) is 0 Å². The van der Waals surface area contributed by atoms with Crippen LogP contribution in [0.1, 0.15) is 58.3 Å². The van der Waals surface area contributed by atoms with Crippen LogP contribution in [0.25, 0.3) is 0 Å². The summed E-state index contributed by atoms with van der Waals surface area (Å²) in [4.78, 5) is 22.7. The van der Waals surface area contributed by atoms with E-state index in [1.54, 1.807) is 0 Å². The first-order valence-electron chi connectivity index (χ1n) is 6.65. The van der Waals surface area contributed by atoms with Crippen LogP contribution in [0.3, 0.4) is 0 Å². The van der Waals surface area contributed by atoms with Gasteiger partial charge in [0.05, 0.1) is 5.92 Å². The molecule has 0 spiro atoms. The summed E-state index contributed by atoms with van der Waals surface area (Å²) in [6, 6.07) is 0.271. The molecule has 4 heteroatoms. The molecule has 2 N–H and O–H groups in total. The first-order chi connectivity index (χ1) is 8.13. The normalized spacial score (nSPS) is 18.6. The fourth-order valence-corrected chi connectivity index (χ4v) is 2.42. The fraction of sp³-hybridized carbons (Fsp3) is 0.846. The maximum atomic E-state index is 11.7. The van der Waals surface area contributed by atoms with Crippen molar-refractivity contribution >= 4 is 11.9 Å². The zero-order valence-electron chi connectivity index (χ0n) is 10.6. The van der Waals surface area contributed by atoms with Gasteiger partial charge in [-0.1, -0.05) is 32.6 Å². The number of carboxylic acid groups (broad SMARTS) is 1. The van der Waals surface area contributed by atoms with Gasteiger partial charge in [-0.25, -0.2) is 0 Å². The number of aliphatic carboxylic acids is 1. The highest BCUT2D eigenvalue weighted by Gasteiger charge is 2.22. The summed E-state index contributed by atoms with van der Waals surface area (Å²) in [5.41, 5.74) is 0. The lowest BCUT2D eigenvalue weighted by molar-refractivity contribution is -0.144. The number of hydrogen-bond acceptors (Lipinski definition) is 2. The van der Waals surface area contributed by atoms with Crippen LogP contribution in [-0.4, -0.2) is 23.0 Å². The number of amides is 1. The Labute approximate surface area is 103 Å². The minimum absolute atomic E-state index is 0.0993. The molecule has 1 saturated carbocycles. The van der Waals surface area contributed by atoms with Crippen molar-refractivity contribution in [2.24, 2.45) is 5.92 Å². The summed E-state index contributed by atoms with van der Waals surface area (Å²) < 4.78 is 0. The molecule has 1 aliphatic carbocycles. The van der Waals surface area contributed by atoms with Crippen LogP contribution in [0.4, 0.5) is 0 Å². The Morgan fingerprint density at radius 2 is 1.94 bits per heavy atom. The van der Waals surface area contributed by atoms with Gasteiger partial charge in [0.15, 0.2) is 0 Å². The van der Waals surface area contributed by atoms with Crippen LogP contribution in [0.5, 0.6) is 0 Å². The van der Waals surface area contributed by atoms with E-state index in [-0.39, 0.29) is 18.4 Å². The maximum Gasteiger partial charge on any atom is 0.307 e. The number of carbonyl (C=O) groups excluding carboxylic acids is 1. The lowest BCUT2D eigenvalue weighted by atomic mass is 9.94. The summed E-state index contributed by atoms with van der Waals surface area (Å²) in [5, 5.41) is 11.9. The molecule has 1 rings (SSSR count). The molecule has 0 saturated heterocycles. The number of rotatable bonds is 6. The Bertz CT molecular complexity index is 259. The lowest BCUT2D eigenvalue weighted by Gasteiger charge is -2.23. The van der Waals surface area contributed by atoms with Gasteiger partial charge >= 0.3 is 5.97 Å². The smallest absolute Gasteiger partial charge is 0.307 e. The molecule has 0 aromatic carbocycles. The molecule has 0 bridgehead atoms. The standard InChI is InChI=1S/C13H23NO3/c1-2-6-10(13(16)17)9-12(15)14-11-7-4-3-5-8-11/h10-11H,2-9H2,1H3,(H,14,15)(H,16,17). The second kappa shape index (κ2) is 7.30. The third kappa shape index (κ3) is 5.20. The van der Waals surface area contributed by atoms with E-state index >= 15 is 0 Å². The van der Waals surface area contributed by atoms with Crippen LogP contribution in [0, 0.1) is 5.92 Å². The summed E-state index contributed by atoms with van der Waals surface area (Å²) in [6.45, 7) is 1.94. The second-order valence-electron chi connectivity index (χ2n) is 4.93. The van der Waals surface area contributed by atoms with Gasteiger partial charge in [-0.2, -0.15) is 0 Å². The molecule has 1 aliphatic rings. The van der Waals surface area contributed by atoms with Crippen molar-refractivity contribution in [2.45, 2.75) is 64.3 Å².